The number of aromatic nitrogens is 2. The monoisotopic (exact) mass is 297 g/mol. The van der Waals surface area contributed by atoms with Crippen LogP contribution in [-0.2, 0) is 6.54 Å². The fourth-order valence-electron chi connectivity index (χ4n) is 1.56. The Morgan fingerprint density at radius 2 is 2.24 bits per heavy atom. The van der Waals surface area contributed by atoms with Crippen LogP contribution >= 0.6 is 15.9 Å². The predicted molar refractivity (Wildman–Crippen MR) is 61.4 cm³/mol. The van der Waals surface area contributed by atoms with E-state index < -0.39 is 0 Å². The van der Waals surface area contributed by atoms with Crippen molar-refractivity contribution < 1.29 is 14.0 Å². The number of nitrogens with zero attached hydrogens (tertiary/aromatic N) is 2. The van der Waals surface area contributed by atoms with Crippen molar-refractivity contribution in [3.63, 3.8) is 0 Å². The number of nitrogens with two attached hydrogens (primary N) is 1. The first-order valence-electron chi connectivity index (χ1n) is 4.90. The van der Waals surface area contributed by atoms with Crippen LogP contribution in [0.15, 0.2) is 21.1 Å². The molecule has 0 fully saturated rings. The highest BCUT2D eigenvalue weighted by Crippen LogP contribution is 2.43. The Labute approximate surface area is 105 Å². The third kappa shape index (κ3) is 1.67. The first-order valence-corrected chi connectivity index (χ1v) is 5.70. The van der Waals surface area contributed by atoms with E-state index in [9.17, 15) is 0 Å². The van der Waals surface area contributed by atoms with Crippen LogP contribution in [0.4, 0.5) is 0 Å². The average molecular weight is 298 g/mol. The summed E-state index contributed by atoms with van der Waals surface area (Å²) in [5.74, 6) is 2.21. The molecule has 1 aromatic carbocycles. The molecule has 0 saturated heterocycles. The third-order valence-electron chi connectivity index (χ3n) is 2.36. The topological polar surface area (TPSA) is 83.4 Å². The van der Waals surface area contributed by atoms with Crippen LogP contribution in [0.25, 0.3) is 11.4 Å². The molecule has 0 amide bonds. The van der Waals surface area contributed by atoms with Crippen molar-refractivity contribution in [3.8, 4) is 22.9 Å². The molecule has 2 heterocycles. The van der Waals surface area contributed by atoms with E-state index in [-0.39, 0.29) is 13.3 Å². The summed E-state index contributed by atoms with van der Waals surface area (Å²) < 4.78 is 16.3. The second-order valence-corrected chi connectivity index (χ2v) is 4.17. The van der Waals surface area contributed by atoms with Crippen LogP contribution in [0.2, 0.25) is 0 Å². The lowest BCUT2D eigenvalue weighted by Crippen LogP contribution is -1.95. The minimum Gasteiger partial charge on any atom is -0.454 e. The van der Waals surface area contributed by atoms with Gasteiger partial charge in [0.15, 0.2) is 11.5 Å². The molecule has 3 rings (SSSR count). The molecule has 17 heavy (non-hydrogen) atoms. The Kier molecular flexibility index (Phi) is 2.49. The lowest BCUT2D eigenvalue weighted by molar-refractivity contribution is 0.173. The molecule has 7 heteroatoms. The van der Waals surface area contributed by atoms with Crippen LogP contribution in [-0.4, -0.2) is 16.9 Å². The van der Waals surface area contributed by atoms with Crippen LogP contribution in [0, 0.1) is 0 Å². The van der Waals surface area contributed by atoms with E-state index in [4.69, 9.17) is 19.7 Å². The smallest absolute Gasteiger partial charge is 0.240 e. The van der Waals surface area contributed by atoms with Crippen molar-refractivity contribution in [2.24, 2.45) is 5.73 Å². The quantitative estimate of drug-likeness (QED) is 0.908. The zero-order chi connectivity index (χ0) is 11.8. The summed E-state index contributed by atoms with van der Waals surface area (Å²) in [6.07, 6.45) is 0. The van der Waals surface area contributed by atoms with Crippen LogP contribution < -0.4 is 15.2 Å². The van der Waals surface area contributed by atoms with E-state index >= 15 is 0 Å². The molecule has 0 saturated carbocycles. The summed E-state index contributed by atoms with van der Waals surface area (Å²) >= 11 is 3.44. The number of fused-ring (bicyclic) bond motifs is 1. The van der Waals surface area contributed by atoms with Gasteiger partial charge in [-0.2, -0.15) is 4.98 Å². The summed E-state index contributed by atoms with van der Waals surface area (Å²) in [7, 11) is 0. The zero-order valence-corrected chi connectivity index (χ0v) is 10.2. The molecular weight excluding hydrogens is 290 g/mol. The molecular formula is C10H8BrN3O3. The maximum atomic E-state index is 5.42. The Morgan fingerprint density at radius 3 is 3.00 bits per heavy atom. The van der Waals surface area contributed by atoms with Gasteiger partial charge in [0.05, 0.1) is 11.0 Å². The maximum Gasteiger partial charge on any atom is 0.240 e. The number of benzene rings is 1. The fraction of sp³-hybridized carbons (Fsp3) is 0.200. The second-order valence-electron chi connectivity index (χ2n) is 3.38. The third-order valence-corrected chi connectivity index (χ3v) is 3.15. The minimum atomic E-state index is 0.217. The van der Waals surface area contributed by atoms with E-state index in [0.29, 0.717) is 23.2 Å². The van der Waals surface area contributed by atoms with Gasteiger partial charge < -0.3 is 19.7 Å². The van der Waals surface area contributed by atoms with Crippen molar-refractivity contribution in [2.75, 3.05) is 6.79 Å². The number of halogens is 1. The first-order chi connectivity index (χ1) is 8.29. The second kappa shape index (κ2) is 4.01. The molecule has 0 spiro atoms. The van der Waals surface area contributed by atoms with Gasteiger partial charge in [-0.05, 0) is 28.1 Å². The summed E-state index contributed by atoms with van der Waals surface area (Å²) in [6.45, 7) is 0.437. The average Bonchev–Trinajstić information content (AvgIpc) is 2.97. The fourth-order valence-corrected chi connectivity index (χ4v) is 2.18. The van der Waals surface area contributed by atoms with Crippen LogP contribution in [0.5, 0.6) is 11.5 Å². The van der Waals surface area contributed by atoms with E-state index in [1.807, 2.05) is 6.07 Å². The van der Waals surface area contributed by atoms with Crippen molar-refractivity contribution >= 4 is 15.9 Å². The SMILES string of the molecule is NCc1nc(-c2ccc3c(c2Br)OCO3)no1. The van der Waals surface area contributed by atoms with Crippen molar-refractivity contribution in [1.29, 1.82) is 0 Å². The highest BCUT2D eigenvalue weighted by atomic mass is 79.9. The number of hydrogen-bond acceptors (Lipinski definition) is 6. The van der Waals surface area contributed by atoms with Crippen molar-refractivity contribution in [1.82, 2.24) is 10.1 Å². The van der Waals surface area contributed by atoms with Crippen LogP contribution in [0.1, 0.15) is 5.89 Å². The Hall–Kier alpha value is -1.60. The number of rotatable bonds is 2. The summed E-state index contributed by atoms with van der Waals surface area (Å²) in [5.41, 5.74) is 6.19. The van der Waals surface area contributed by atoms with Crippen molar-refractivity contribution in [3.05, 3.63) is 22.5 Å². The van der Waals surface area contributed by atoms with Gasteiger partial charge in [0.25, 0.3) is 0 Å². The van der Waals surface area contributed by atoms with Gasteiger partial charge >= 0.3 is 0 Å². The molecule has 0 bridgehead atoms. The summed E-state index contributed by atoms with van der Waals surface area (Å²) in [5, 5.41) is 3.85. The van der Waals surface area contributed by atoms with Gasteiger partial charge in [-0.15, -0.1) is 0 Å². The molecule has 1 aliphatic heterocycles. The number of hydrogen-bond donors (Lipinski definition) is 1. The molecule has 1 aliphatic rings. The molecule has 6 nitrogen and oxygen atoms in total. The zero-order valence-electron chi connectivity index (χ0n) is 8.64. The van der Waals surface area contributed by atoms with E-state index in [2.05, 4.69) is 26.1 Å². The van der Waals surface area contributed by atoms with Gasteiger partial charge in [0.1, 0.15) is 0 Å². The van der Waals surface area contributed by atoms with Crippen LogP contribution in [0.3, 0.4) is 0 Å². The summed E-state index contributed by atoms with van der Waals surface area (Å²) in [4.78, 5) is 4.16. The molecule has 88 valence electrons. The van der Waals surface area contributed by atoms with Gasteiger partial charge in [-0.1, -0.05) is 5.16 Å². The van der Waals surface area contributed by atoms with Gasteiger partial charge in [-0.3, -0.25) is 0 Å². The molecule has 0 atom stereocenters. The highest BCUT2D eigenvalue weighted by Gasteiger charge is 2.22. The highest BCUT2D eigenvalue weighted by molar-refractivity contribution is 9.10. The first kappa shape index (κ1) is 10.5. The largest absolute Gasteiger partial charge is 0.454 e. The summed E-state index contributed by atoms with van der Waals surface area (Å²) in [6, 6.07) is 3.64. The molecule has 0 aliphatic carbocycles. The van der Waals surface area contributed by atoms with Gasteiger partial charge in [0, 0.05) is 5.56 Å². The van der Waals surface area contributed by atoms with E-state index in [0.717, 1.165) is 10.0 Å². The number of ether oxygens (including phenoxy) is 2. The van der Waals surface area contributed by atoms with Gasteiger partial charge in [0.2, 0.25) is 18.5 Å². The molecule has 2 aromatic rings. The maximum absolute atomic E-state index is 5.42. The molecule has 0 unspecified atom stereocenters. The minimum absolute atomic E-state index is 0.217. The normalized spacial score (nSPS) is 13.1. The lowest BCUT2D eigenvalue weighted by atomic mass is 10.2. The van der Waals surface area contributed by atoms with E-state index in [1.54, 1.807) is 6.07 Å². The van der Waals surface area contributed by atoms with Crippen molar-refractivity contribution in [2.45, 2.75) is 6.54 Å². The lowest BCUT2D eigenvalue weighted by Gasteiger charge is -2.02. The van der Waals surface area contributed by atoms with Gasteiger partial charge in [-0.25, -0.2) is 0 Å². The molecule has 1 aromatic heterocycles. The molecule has 0 radical (unpaired) electrons. The Morgan fingerprint density at radius 1 is 1.35 bits per heavy atom. The Bertz CT molecular complexity index is 570. The molecule has 2 N–H and O–H groups in total. The van der Waals surface area contributed by atoms with E-state index in [1.165, 1.54) is 0 Å². The predicted octanol–water partition coefficient (Wildman–Crippen LogP) is 1.69. The Balaban J connectivity index is 2.09. The standard InChI is InChI=1S/C10H8BrN3O3/c11-8-5(10-13-7(3-12)17-14-10)1-2-6-9(8)16-4-15-6/h1-2H,3-4,12H2.